The number of hydrogen-bond donors (Lipinski definition) is 3. The lowest BCUT2D eigenvalue weighted by molar-refractivity contribution is -0.136. The molecule has 0 spiro atoms. The molecule has 3 aromatic rings. The summed E-state index contributed by atoms with van der Waals surface area (Å²) in [5.74, 6) is -0.622. The van der Waals surface area contributed by atoms with Crippen LogP contribution in [0, 0.1) is 6.92 Å². The topological polar surface area (TPSA) is 126 Å². The maximum absolute atomic E-state index is 13.4. The first-order valence-electron chi connectivity index (χ1n) is 15.2. The van der Waals surface area contributed by atoms with E-state index >= 15 is 0 Å². The Morgan fingerprint density at radius 3 is 2.51 bits per heavy atom. The van der Waals surface area contributed by atoms with Crippen molar-refractivity contribution in [2.75, 3.05) is 33.4 Å². The lowest BCUT2D eigenvalue weighted by atomic mass is 10.0. The molecule has 1 aliphatic heterocycles. The predicted octanol–water partition coefficient (Wildman–Crippen LogP) is 3.38. The molecule has 3 N–H and O–H groups in total. The second-order valence-electron chi connectivity index (χ2n) is 11.5. The van der Waals surface area contributed by atoms with Gasteiger partial charge in [-0.25, -0.2) is 0 Å². The summed E-state index contributed by atoms with van der Waals surface area (Å²) in [6, 6.07) is 19.9. The normalized spacial score (nSPS) is 17.8. The molecule has 10 nitrogen and oxygen atoms in total. The Labute approximate surface area is 264 Å². The van der Waals surface area contributed by atoms with E-state index in [4.69, 9.17) is 9.47 Å². The Morgan fingerprint density at radius 1 is 1.02 bits per heavy atom. The number of nitrogens with zero attached hydrogens (tertiary/aromatic N) is 1. The molecule has 45 heavy (non-hydrogen) atoms. The minimum atomic E-state index is -1.22. The number of aryl methyl sites for hydroxylation is 1. The molecule has 2 atom stereocenters. The third-order valence-corrected chi connectivity index (χ3v) is 7.57. The van der Waals surface area contributed by atoms with Gasteiger partial charge >= 0.3 is 0 Å². The number of benzene rings is 3. The van der Waals surface area contributed by atoms with Gasteiger partial charge in [-0.2, -0.15) is 0 Å². The summed E-state index contributed by atoms with van der Waals surface area (Å²) >= 11 is 0. The van der Waals surface area contributed by atoms with Gasteiger partial charge in [0.1, 0.15) is 36.8 Å². The number of ether oxygens (including phenoxy) is 2. The summed E-state index contributed by atoms with van der Waals surface area (Å²) in [4.78, 5) is 55.1. The number of carbonyl (C=O) groups excluding carboxylic acids is 4. The Bertz CT molecular complexity index is 1490. The van der Waals surface area contributed by atoms with Crippen LogP contribution >= 0.6 is 0 Å². The third kappa shape index (κ3) is 9.31. The fraction of sp³-hybridized carbons (Fsp3) is 0.371. The van der Waals surface area contributed by atoms with Gasteiger partial charge in [0.25, 0.3) is 5.91 Å². The zero-order valence-electron chi connectivity index (χ0n) is 26.3. The average Bonchev–Trinajstić information content (AvgIpc) is 3.02. The van der Waals surface area contributed by atoms with Crippen LogP contribution in [-0.4, -0.2) is 74.0 Å². The summed E-state index contributed by atoms with van der Waals surface area (Å²) in [6.07, 6.45) is -0.115. The van der Waals surface area contributed by atoms with Gasteiger partial charge in [0.05, 0.1) is 25.1 Å². The molecular formula is C35H42N4O6. The highest BCUT2D eigenvalue weighted by molar-refractivity contribution is 6.01. The van der Waals surface area contributed by atoms with Crippen LogP contribution in [0.4, 0.5) is 0 Å². The van der Waals surface area contributed by atoms with Crippen molar-refractivity contribution in [2.24, 2.45) is 0 Å². The van der Waals surface area contributed by atoms with Crippen LogP contribution in [0.1, 0.15) is 53.2 Å². The molecule has 238 valence electrons. The Balaban J connectivity index is 1.51. The molecule has 1 heterocycles. The smallest absolute Gasteiger partial charge is 0.255 e. The maximum atomic E-state index is 13.4. The van der Waals surface area contributed by atoms with Gasteiger partial charge in [0.2, 0.25) is 17.7 Å². The number of likely N-dealkylation sites (N-methyl/N-ethyl adjacent to an activating group) is 1. The number of nitrogens with one attached hydrogen (secondary N) is 3. The number of rotatable bonds is 8. The summed E-state index contributed by atoms with van der Waals surface area (Å²) in [6.45, 7) is 6.86. The van der Waals surface area contributed by atoms with Crippen LogP contribution < -0.4 is 25.4 Å². The molecule has 0 aromatic heterocycles. The van der Waals surface area contributed by atoms with E-state index in [1.807, 2.05) is 55.5 Å². The highest BCUT2D eigenvalue weighted by Crippen LogP contribution is 2.27. The molecule has 10 heteroatoms. The van der Waals surface area contributed by atoms with Gasteiger partial charge in [-0.05, 0) is 47.7 Å². The van der Waals surface area contributed by atoms with Gasteiger partial charge in [0, 0.05) is 13.5 Å². The molecule has 0 bridgehead atoms. The van der Waals surface area contributed by atoms with Crippen molar-refractivity contribution in [2.45, 2.75) is 51.6 Å². The van der Waals surface area contributed by atoms with Gasteiger partial charge in [-0.3, -0.25) is 19.2 Å². The molecule has 4 amide bonds. The molecule has 0 unspecified atom stereocenters. The van der Waals surface area contributed by atoms with Gasteiger partial charge in [-0.15, -0.1) is 0 Å². The number of fused-ring (bicyclic) bond motifs is 1. The number of amides is 4. The standard InChI is InChI=1S/C35H42N4O6/c1-23(2)26-15-14-24(3)20-31(26)44-18-16-36-34(42)28-22-32(40)37-29(21-25-10-6-5-7-11-25)35(43)39(4)17-19-45-30-13-9-8-12-27(30)33(41)38-28/h5-15,20,23,28-29H,16-19,21-22H2,1-4H3,(H,36,42)(H,37,40)(H,38,41)/t28-,29+/m0/s1. The number of carbonyl (C=O) groups is 4. The molecule has 0 saturated carbocycles. The number of hydrogen-bond acceptors (Lipinski definition) is 6. The van der Waals surface area contributed by atoms with Crippen LogP contribution in [0.25, 0.3) is 0 Å². The second-order valence-corrected chi connectivity index (χ2v) is 11.5. The van der Waals surface area contributed by atoms with Crippen molar-refractivity contribution in [3.05, 3.63) is 95.1 Å². The summed E-state index contributed by atoms with van der Waals surface area (Å²) in [7, 11) is 1.64. The molecule has 3 aromatic carbocycles. The van der Waals surface area contributed by atoms with E-state index in [1.54, 1.807) is 31.3 Å². The molecule has 0 saturated heterocycles. The van der Waals surface area contributed by atoms with Crippen molar-refractivity contribution in [3.8, 4) is 11.5 Å². The lowest BCUT2D eigenvalue weighted by Crippen LogP contribution is -2.53. The summed E-state index contributed by atoms with van der Waals surface area (Å²) in [5.41, 5.74) is 3.21. The molecule has 4 rings (SSSR count). The van der Waals surface area contributed by atoms with Crippen LogP contribution in [-0.2, 0) is 20.8 Å². The minimum Gasteiger partial charge on any atom is -0.491 e. The van der Waals surface area contributed by atoms with Gasteiger partial charge in [-0.1, -0.05) is 68.4 Å². The van der Waals surface area contributed by atoms with Crippen LogP contribution in [0.2, 0.25) is 0 Å². The Kier molecular flexibility index (Phi) is 11.6. The van der Waals surface area contributed by atoms with Crippen molar-refractivity contribution < 1.29 is 28.7 Å². The van der Waals surface area contributed by atoms with Crippen molar-refractivity contribution in [1.82, 2.24) is 20.9 Å². The zero-order valence-corrected chi connectivity index (χ0v) is 26.3. The average molecular weight is 615 g/mol. The van der Waals surface area contributed by atoms with Crippen molar-refractivity contribution >= 4 is 23.6 Å². The van der Waals surface area contributed by atoms with E-state index in [1.165, 1.54) is 4.90 Å². The molecule has 1 aliphatic rings. The van der Waals surface area contributed by atoms with Crippen LogP contribution in [0.5, 0.6) is 11.5 Å². The highest BCUT2D eigenvalue weighted by Gasteiger charge is 2.30. The monoisotopic (exact) mass is 614 g/mol. The quantitative estimate of drug-likeness (QED) is 0.334. The first-order valence-corrected chi connectivity index (χ1v) is 15.2. The Hall–Kier alpha value is -4.86. The molecule has 0 aliphatic carbocycles. The molecular weight excluding hydrogens is 572 g/mol. The van der Waals surface area contributed by atoms with E-state index in [0.29, 0.717) is 5.75 Å². The summed E-state index contributed by atoms with van der Waals surface area (Å²) < 4.78 is 11.9. The largest absolute Gasteiger partial charge is 0.491 e. The highest BCUT2D eigenvalue weighted by atomic mass is 16.5. The SMILES string of the molecule is Cc1ccc(C(C)C)c(OCCNC(=O)[C@@H]2CC(=O)N[C@H](Cc3ccccc3)C(=O)N(C)CCOc3ccccc3C(=O)N2)c1. The fourth-order valence-corrected chi connectivity index (χ4v) is 5.08. The third-order valence-electron chi connectivity index (χ3n) is 7.57. The maximum Gasteiger partial charge on any atom is 0.255 e. The summed E-state index contributed by atoms with van der Waals surface area (Å²) in [5, 5.41) is 8.29. The van der Waals surface area contributed by atoms with E-state index in [2.05, 4.69) is 29.8 Å². The predicted molar refractivity (Wildman–Crippen MR) is 171 cm³/mol. The van der Waals surface area contributed by atoms with E-state index in [9.17, 15) is 19.2 Å². The zero-order chi connectivity index (χ0) is 32.3. The first kappa shape index (κ1) is 33.0. The first-order chi connectivity index (χ1) is 21.6. The fourth-order valence-electron chi connectivity index (χ4n) is 5.08. The van der Waals surface area contributed by atoms with E-state index in [-0.39, 0.29) is 56.5 Å². The Morgan fingerprint density at radius 2 is 1.76 bits per heavy atom. The van der Waals surface area contributed by atoms with Crippen LogP contribution in [0.15, 0.2) is 72.8 Å². The molecule has 0 radical (unpaired) electrons. The second kappa shape index (κ2) is 15.7. The van der Waals surface area contributed by atoms with Crippen molar-refractivity contribution in [3.63, 3.8) is 0 Å². The van der Waals surface area contributed by atoms with Crippen molar-refractivity contribution in [1.29, 1.82) is 0 Å². The number of para-hydroxylation sites is 1. The van der Waals surface area contributed by atoms with Crippen LogP contribution in [0.3, 0.4) is 0 Å². The minimum absolute atomic E-state index is 0.127. The lowest BCUT2D eigenvalue weighted by Gasteiger charge is -2.27. The van der Waals surface area contributed by atoms with E-state index < -0.39 is 29.8 Å². The van der Waals surface area contributed by atoms with Gasteiger partial charge < -0.3 is 30.3 Å². The molecule has 0 fully saturated rings. The van der Waals surface area contributed by atoms with E-state index in [0.717, 1.165) is 22.4 Å². The van der Waals surface area contributed by atoms with Gasteiger partial charge in [0.15, 0.2) is 0 Å².